The van der Waals surface area contributed by atoms with Gasteiger partial charge in [-0.25, -0.2) is 0 Å². The average molecular weight is 263 g/mol. The quantitative estimate of drug-likeness (QED) is 0.876. The van der Waals surface area contributed by atoms with Gasteiger partial charge in [0.1, 0.15) is 5.75 Å². The van der Waals surface area contributed by atoms with Crippen LogP contribution in [0.5, 0.6) is 5.75 Å². The average Bonchev–Trinajstić information content (AvgIpc) is 2.15. The number of halogens is 2. The highest BCUT2D eigenvalue weighted by Gasteiger charge is 2.09. The molecule has 0 aromatic heterocycles. The fourth-order valence-corrected chi connectivity index (χ4v) is 1.75. The molecule has 0 aliphatic rings. The molecule has 0 saturated heterocycles. The third kappa shape index (κ3) is 4.60. The molecule has 1 aromatic rings. The zero-order valence-electron chi connectivity index (χ0n) is 9.41. The van der Waals surface area contributed by atoms with Gasteiger partial charge in [0.25, 0.3) is 0 Å². The molecule has 0 radical (unpaired) electrons. The summed E-state index contributed by atoms with van der Waals surface area (Å²) in [5.41, 5.74) is 0. The molecule has 4 heteroatoms. The maximum absolute atomic E-state index is 9.58. The fraction of sp³-hybridized carbons (Fsp3) is 0.500. The Bertz CT molecular complexity index is 320. The molecule has 16 heavy (non-hydrogen) atoms. The molecule has 0 aliphatic carbocycles. The third-order valence-corrected chi connectivity index (χ3v) is 2.72. The van der Waals surface area contributed by atoms with Crippen LogP contribution in [0.4, 0.5) is 0 Å². The SMILES string of the molecule is CC(C)C(O)CCOc1cc(Cl)cc(Cl)c1. The normalized spacial score (nSPS) is 12.9. The van der Waals surface area contributed by atoms with Crippen molar-refractivity contribution in [2.45, 2.75) is 26.4 Å². The van der Waals surface area contributed by atoms with Gasteiger partial charge in [0.15, 0.2) is 0 Å². The lowest BCUT2D eigenvalue weighted by atomic mass is 10.1. The highest BCUT2D eigenvalue weighted by Crippen LogP contribution is 2.24. The van der Waals surface area contributed by atoms with E-state index in [0.29, 0.717) is 28.8 Å². The van der Waals surface area contributed by atoms with Gasteiger partial charge in [0, 0.05) is 16.5 Å². The summed E-state index contributed by atoms with van der Waals surface area (Å²) < 4.78 is 5.46. The zero-order valence-corrected chi connectivity index (χ0v) is 10.9. The van der Waals surface area contributed by atoms with Crippen molar-refractivity contribution in [2.75, 3.05) is 6.61 Å². The minimum Gasteiger partial charge on any atom is -0.493 e. The van der Waals surface area contributed by atoms with E-state index < -0.39 is 0 Å². The zero-order chi connectivity index (χ0) is 12.1. The lowest BCUT2D eigenvalue weighted by Crippen LogP contribution is -2.17. The molecular formula is C12H16Cl2O2. The summed E-state index contributed by atoms with van der Waals surface area (Å²) in [5.74, 6) is 0.875. The van der Waals surface area contributed by atoms with Gasteiger partial charge in [-0.15, -0.1) is 0 Å². The Balaban J connectivity index is 2.43. The fourth-order valence-electron chi connectivity index (χ4n) is 1.24. The van der Waals surface area contributed by atoms with E-state index in [1.165, 1.54) is 0 Å². The van der Waals surface area contributed by atoms with Crippen LogP contribution in [-0.2, 0) is 0 Å². The summed E-state index contributed by atoms with van der Waals surface area (Å²) in [7, 11) is 0. The Kier molecular flexibility index (Phi) is 5.39. The van der Waals surface area contributed by atoms with Crippen molar-refractivity contribution in [3.8, 4) is 5.75 Å². The number of ether oxygens (including phenoxy) is 1. The maximum atomic E-state index is 9.58. The monoisotopic (exact) mass is 262 g/mol. The topological polar surface area (TPSA) is 29.5 Å². The van der Waals surface area contributed by atoms with Crippen molar-refractivity contribution in [1.29, 1.82) is 0 Å². The van der Waals surface area contributed by atoms with Gasteiger partial charge in [-0.3, -0.25) is 0 Å². The number of hydrogen-bond acceptors (Lipinski definition) is 2. The molecule has 1 rings (SSSR count). The van der Waals surface area contributed by atoms with E-state index >= 15 is 0 Å². The Hall–Kier alpha value is -0.440. The Morgan fingerprint density at radius 1 is 1.19 bits per heavy atom. The lowest BCUT2D eigenvalue weighted by molar-refractivity contribution is 0.0976. The number of rotatable bonds is 5. The smallest absolute Gasteiger partial charge is 0.122 e. The Morgan fingerprint density at radius 2 is 1.75 bits per heavy atom. The first-order valence-corrected chi connectivity index (χ1v) is 6.01. The Labute approximate surface area is 106 Å². The van der Waals surface area contributed by atoms with Crippen LogP contribution in [0.1, 0.15) is 20.3 Å². The van der Waals surface area contributed by atoms with Crippen LogP contribution in [0, 0.1) is 5.92 Å². The van der Waals surface area contributed by atoms with Crippen LogP contribution in [0.2, 0.25) is 10.0 Å². The molecule has 2 nitrogen and oxygen atoms in total. The number of aliphatic hydroxyl groups excluding tert-OH is 1. The van der Waals surface area contributed by atoms with Gasteiger partial charge in [-0.05, 0) is 24.1 Å². The summed E-state index contributed by atoms with van der Waals surface area (Å²) in [6.45, 7) is 4.40. The van der Waals surface area contributed by atoms with E-state index in [1.807, 2.05) is 13.8 Å². The summed E-state index contributed by atoms with van der Waals surface area (Å²) >= 11 is 11.7. The largest absolute Gasteiger partial charge is 0.493 e. The maximum Gasteiger partial charge on any atom is 0.122 e. The highest BCUT2D eigenvalue weighted by molar-refractivity contribution is 6.34. The van der Waals surface area contributed by atoms with Crippen LogP contribution in [0.15, 0.2) is 18.2 Å². The van der Waals surface area contributed by atoms with Crippen LogP contribution in [-0.4, -0.2) is 17.8 Å². The lowest BCUT2D eigenvalue weighted by Gasteiger charge is -2.14. The van der Waals surface area contributed by atoms with E-state index in [-0.39, 0.29) is 12.0 Å². The molecule has 1 atom stereocenters. The van der Waals surface area contributed by atoms with Gasteiger partial charge < -0.3 is 9.84 Å². The van der Waals surface area contributed by atoms with E-state index in [0.717, 1.165) is 0 Å². The molecule has 0 heterocycles. The molecule has 1 unspecified atom stereocenters. The molecule has 0 spiro atoms. The van der Waals surface area contributed by atoms with Crippen molar-refractivity contribution in [1.82, 2.24) is 0 Å². The van der Waals surface area contributed by atoms with Crippen LogP contribution >= 0.6 is 23.2 Å². The van der Waals surface area contributed by atoms with Gasteiger partial charge in [-0.2, -0.15) is 0 Å². The molecular weight excluding hydrogens is 247 g/mol. The van der Waals surface area contributed by atoms with Crippen molar-refractivity contribution >= 4 is 23.2 Å². The summed E-state index contributed by atoms with van der Waals surface area (Å²) in [6.07, 6.45) is 0.261. The summed E-state index contributed by atoms with van der Waals surface area (Å²) in [5, 5.41) is 10.7. The number of benzene rings is 1. The minimum absolute atomic E-state index is 0.242. The first-order valence-electron chi connectivity index (χ1n) is 5.26. The van der Waals surface area contributed by atoms with Crippen LogP contribution in [0.25, 0.3) is 0 Å². The van der Waals surface area contributed by atoms with Crippen LogP contribution < -0.4 is 4.74 Å². The minimum atomic E-state index is -0.338. The summed E-state index contributed by atoms with van der Waals surface area (Å²) in [6, 6.07) is 5.06. The van der Waals surface area contributed by atoms with Crippen molar-refractivity contribution in [3.63, 3.8) is 0 Å². The molecule has 0 fully saturated rings. The molecule has 0 amide bonds. The first kappa shape index (κ1) is 13.6. The number of hydrogen-bond donors (Lipinski definition) is 1. The second-order valence-corrected chi connectivity index (χ2v) is 4.93. The van der Waals surface area contributed by atoms with Crippen molar-refractivity contribution < 1.29 is 9.84 Å². The first-order chi connectivity index (χ1) is 7.49. The van der Waals surface area contributed by atoms with E-state index in [2.05, 4.69) is 0 Å². The predicted octanol–water partition coefficient (Wildman–Crippen LogP) is 3.78. The molecule has 1 N–H and O–H groups in total. The third-order valence-electron chi connectivity index (χ3n) is 2.29. The predicted molar refractivity (Wildman–Crippen MR) is 67.4 cm³/mol. The number of aliphatic hydroxyl groups is 1. The molecule has 0 saturated carbocycles. The van der Waals surface area contributed by atoms with Crippen molar-refractivity contribution in [3.05, 3.63) is 28.2 Å². The standard InChI is InChI=1S/C12H16Cl2O2/c1-8(2)12(15)3-4-16-11-6-9(13)5-10(14)7-11/h5-8,12,15H,3-4H2,1-2H3. The van der Waals surface area contributed by atoms with E-state index in [1.54, 1.807) is 18.2 Å². The molecule has 90 valence electrons. The summed E-state index contributed by atoms with van der Waals surface area (Å²) in [4.78, 5) is 0. The molecule has 1 aromatic carbocycles. The van der Waals surface area contributed by atoms with E-state index in [9.17, 15) is 5.11 Å². The van der Waals surface area contributed by atoms with Crippen molar-refractivity contribution in [2.24, 2.45) is 5.92 Å². The van der Waals surface area contributed by atoms with Gasteiger partial charge >= 0.3 is 0 Å². The molecule has 0 aliphatic heterocycles. The van der Waals surface area contributed by atoms with Gasteiger partial charge in [-0.1, -0.05) is 37.0 Å². The Morgan fingerprint density at radius 3 is 2.25 bits per heavy atom. The van der Waals surface area contributed by atoms with E-state index in [4.69, 9.17) is 27.9 Å². The van der Waals surface area contributed by atoms with Gasteiger partial charge in [0.2, 0.25) is 0 Å². The second kappa shape index (κ2) is 6.33. The second-order valence-electron chi connectivity index (χ2n) is 4.05. The van der Waals surface area contributed by atoms with Crippen LogP contribution in [0.3, 0.4) is 0 Å². The highest BCUT2D eigenvalue weighted by atomic mass is 35.5. The van der Waals surface area contributed by atoms with Gasteiger partial charge in [0.05, 0.1) is 12.7 Å². The molecule has 0 bridgehead atoms.